The first-order valence-corrected chi connectivity index (χ1v) is 16.7. The molecule has 9 heteroatoms. The number of amides is 1. The van der Waals surface area contributed by atoms with E-state index in [4.69, 9.17) is 17.0 Å². The lowest BCUT2D eigenvalue weighted by molar-refractivity contribution is -0.134. The van der Waals surface area contributed by atoms with Crippen molar-refractivity contribution in [1.29, 1.82) is 0 Å². The normalized spacial score (nSPS) is 15.8. The Bertz CT molecular complexity index is 1870. The summed E-state index contributed by atoms with van der Waals surface area (Å²) in [7, 11) is 5.32. The summed E-state index contributed by atoms with van der Waals surface area (Å²) < 4.78 is 8.88. The van der Waals surface area contributed by atoms with Gasteiger partial charge in [-0.05, 0) is 78.9 Å². The first-order valence-electron chi connectivity index (χ1n) is 14.1. The van der Waals surface area contributed by atoms with Crippen molar-refractivity contribution in [2.75, 3.05) is 18.5 Å². The largest absolute Gasteiger partial charge is 0.427 e. The Balaban J connectivity index is 1.07. The molecule has 1 atom stereocenters. The summed E-state index contributed by atoms with van der Waals surface area (Å²) in [5.74, 6) is 0.417. The number of benzene rings is 3. The van der Waals surface area contributed by atoms with Crippen LogP contribution in [-0.2, 0) is 17.8 Å². The van der Waals surface area contributed by atoms with Crippen LogP contribution in [0, 0.1) is 3.82 Å². The van der Waals surface area contributed by atoms with Crippen LogP contribution >= 0.6 is 32.9 Å². The molecule has 1 amide bonds. The van der Waals surface area contributed by atoms with Crippen LogP contribution in [0.4, 0.5) is 5.69 Å². The van der Waals surface area contributed by atoms with Gasteiger partial charge in [0.25, 0.3) is 5.91 Å². The second-order valence-corrected chi connectivity index (χ2v) is 13.6. The Labute approximate surface area is 256 Å². The van der Waals surface area contributed by atoms with Crippen LogP contribution in [0.1, 0.15) is 47.0 Å². The van der Waals surface area contributed by atoms with Crippen LogP contribution in [-0.4, -0.2) is 34.9 Å². The van der Waals surface area contributed by atoms with E-state index in [1.165, 1.54) is 22.2 Å². The Hall–Kier alpha value is -3.79. The van der Waals surface area contributed by atoms with E-state index in [2.05, 4.69) is 40.8 Å². The lowest BCUT2D eigenvalue weighted by Gasteiger charge is -2.46. The number of rotatable bonds is 7. The number of carbonyl (C=O) groups excluding carboxylic acids is 2. The number of hydrogen-bond acceptors (Lipinski definition) is 7. The fourth-order valence-electron chi connectivity index (χ4n) is 6.33. The molecule has 0 saturated heterocycles. The van der Waals surface area contributed by atoms with E-state index in [0.717, 1.165) is 44.9 Å². The smallest absolute Gasteiger partial charge is 0.311 e. The molecule has 0 radical (unpaired) electrons. The summed E-state index contributed by atoms with van der Waals surface area (Å²) in [4.78, 5) is 31.6. The zero-order valence-corrected chi connectivity index (χ0v) is 25.6. The summed E-state index contributed by atoms with van der Waals surface area (Å²) >= 11 is 5.23. The maximum absolute atomic E-state index is 13.5. The molecule has 7 rings (SSSR count). The first-order chi connectivity index (χ1) is 20.5. The lowest BCUT2D eigenvalue weighted by atomic mass is 9.96. The summed E-state index contributed by atoms with van der Waals surface area (Å²) in [5.41, 5.74) is 6.48. The van der Waals surface area contributed by atoms with E-state index in [-0.39, 0.29) is 18.0 Å². The zero-order valence-electron chi connectivity index (χ0n) is 23.1. The van der Waals surface area contributed by atoms with E-state index in [1.54, 1.807) is 20.7 Å². The molecule has 42 heavy (non-hydrogen) atoms. The van der Waals surface area contributed by atoms with Crippen LogP contribution < -0.4 is 9.64 Å². The average Bonchev–Trinajstić information content (AvgIpc) is 3.59. The van der Waals surface area contributed by atoms with Gasteiger partial charge in [0.2, 0.25) is 0 Å². The van der Waals surface area contributed by atoms with Crippen LogP contribution in [0.15, 0.2) is 78.9 Å². The quantitative estimate of drug-likeness (QED) is 0.0612. The molecule has 0 spiro atoms. The Morgan fingerprint density at radius 1 is 1.00 bits per heavy atom. The van der Waals surface area contributed by atoms with Crippen molar-refractivity contribution in [2.24, 2.45) is 0 Å². The van der Waals surface area contributed by atoms with Gasteiger partial charge < -0.3 is 19.1 Å². The molecule has 0 bridgehead atoms. The number of ether oxygens (including phenoxy) is 1. The Morgan fingerprint density at radius 3 is 2.60 bits per heavy atom. The van der Waals surface area contributed by atoms with E-state index >= 15 is 0 Å². The molecule has 0 fully saturated rings. The minimum absolute atomic E-state index is 0.0907. The molecule has 3 aromatic carbocycles. The SMILES string of the molecule is CN1c2ccccc2C(=O)N2CCc3c(n(CCCCC(=O)Oc4ccc(-c5cc(=S)ss5)cc4)c4ccccc34)C21. The highest BCUT2D eigenvalue weighted by atomic mass is 32.9. The third-order valence-electron chi connectivity index (χ3n) is 8.25. The molecular weight excluding hydrogens is 583 g/mol. The number of hydrogen-bond donors (Lipinski definition) is 0. The minimum atomic E-state index is -0.228. The van der Waals surface area contributed by atoms with Crippen LogP contribution in [0.25, 0.3) is 21.3 Å². The zero-order chi connectivity index (χ0) is 28.8. The predicted molar refractivity (Wildman–Crippen MR) is 172 cm³/mol. The van der Waals surface area contributed by atoms with Crippen molar-refractivity contribution < 1.29 is 14.3 Å². The number of carbonyl (C=O) groups is 2. The van der Waals surface area contributed by atoms with E-state index in [9.17, 15) is 9.59 Å². The number of aryl methyl sites for hydroxylation is 1. The molecule has 4 heterocycles. The Kier molecular flexibility index (Phi) is 7.17. The fourth-order valence-corrected chi connectivity index (χ4v) is 8.73. The van der Waals surface area contributed by atoms with Crippen molar-refractivity contribution in [1.82, 2.24) is 9.47 Å². The summed E-state index contributed by atoms with van der Waals surface area (Å²) in [6.07, 6.45) is 2.54. The number of unbranched alkanes of at least 4 members (excludes halogenated alkanes) is 1. The van der Waals surface area contributed by atoms with Crippen LogP contribution in [0.5, 0.6) is 5.75 Å². The third-order valence-corrected chi connectivity index (χ3v) is 11.2. The van der Waals surface area contributed by atoms with Gasteiger partial charge in [-0.25, -0.2) is 0 Å². The van der Waals surface area contributed by atoms with E-state index in [1.807, 2.05) is 59.5 Å². The van der Waals surface area contributed by atoms with Crippen LogP contribution in [0.3, 0.4) is 0 Å². The van der Waals surface area contributed by atoms with E-state index < -0.39 is 0 Å². The molecule has 212 valence electrons. The maximum atomic E-state index is 13.5. The van der Waals surface area contributed by atoms with Gasteiger partial charge in [-0.1, -0.05) is 63.2 Å². The van der Waals surface area contributed by atoms with Crippen molar-refractivity contribution in [2.45, 2.75) is 38.4 Å². The van der Waals surface area contributed by atoms with Gasteiger partial charge in [0.15, 0.2) is 0 Å². The van der Waals surface area contributed by atoms with Crippen molar-refractivity contribution in [3.63, 3.8) is 0 Å². The number of nitrogens with zero attached hydrogens (tertiary/aromatic N) is 3. The predicted octanol–water partition coefficient (Wildman–Crippen LogP) is 8.08. The van der Waals surface area contributed by atoms with Crippen LogP contribution in [0.2, 0.25) is 0 Å². The van der Waals surface area contributed by atoms with Gasteiger partial charge in [0.05, 0.1) is 16.9 Å². The van der Waals surface area contributed by atoms with Crippen molar-refractivity contribution in [3.05, 3.63) is 99.5 Å². The summed E-state index contributed by atoms with van der Waals surface area (Å²) in [5, 5.41) is 1.25. The van der Waals surface area contributed by atoms with Gasteiger partial charge in [-0.15, -0.1) is 0 Å². The van der Waals surface area contributed by atoms with Gasteiger partial charge in [0.1, 0.15) is 15.7 Å². The highest BCUT2D eigenvalue weighted by Crippen LogP contribution is 2.44. The number of para-hydroxylation sites is 2. The van der Waals surface area contributed by atoms with E-state index in [0.29, 0.717) is 25.1 Å². The van der Waals surface area contributed by atoms with Gasteiger partial charge in [-0.2, -0.15) is 0 Å². The van der Waals surface area contributed by atoms with Crippen molar-refractivity contribution >= 4 is 61.4 Å². The molecule has 2 aromatic heterocycles. The summed E-state index contributed by atoms with van der Waals surface area (Å²) in [6.45, 7) is 1.46. The number of anilines is 1. The monoisotopic (exact) mass is 611 g/mol. The number of fused-ring (bicyclic) bond motifs is 6. The molecule has 0 aliphatic carbocycles. The second-order valence-electron chi connectivity index (χ2n) is 10.7. The lowest BCUT2D eigenvalue weighted by Crippen LogP contribution is -2.51. The highest BCUT2D eigenvalue weighted by molar-refractivity contribution is 7.80. The molecule has 1 unspecified atom stereocenters. The van der Waals surface area contributed by atoms with Gasteiger partial charge in [-0.3, -0.25) is 9.59 Å². The molecule has 0 N–H and O–H groups in total. The molecule has 0 saturated carbocycles. The topological polar surface area (TPSA) is 54.8 Å². The molecule has 2 aliphatic heterocycles. The maximum Gasteiger partial charge on any atom is 0.311 e. The summed E-state index contributed by atoms with van der Waals surface area (Å²) in [6, 6.07) is 26.0. The minimum Gasteiger partial charge on any atom is -0.427 e. The van der Waals surface area contributed by atoms with Gasteiger partial charge >= 0.3 is 5.97 Å². The number of esters is 1. The average molecular weight is 612 g/mol. The highest BCUT2D eigenvalue weighted by Gasteiger charge is 2.42. The van der Waals surface area contributed by atoms with Gasteiger partial charge in [0, 0.05) is 42.3 Å². The van der Waals surface area contributed by atoms with Crippen molar-refractivity contribution in [3.8, 4) is 16.2 Å². The molecule has 2 aliphatic rings. The first kappa shape index (κ1) is 27.1. The Morgan fingerprint density at radius 2 is 1.79 bits per heavy atom. The standard InChI is InChI=1S/C33H29N3O3S3/c1-34-26-10-4-3-9-25(26)33(38)36-19-17-24-23-8-2-5-11-27(23)35(31(24)32(34)36)18-7-6-12-29(37)39-22-15-13-21(14-16-22)28-20-30(40)42-41-28/h2-5,8-11,13-16,20,32H,6-7,12,17-19H2,1H3. The number of aromatic nitrogens is 1. The molecule has 5 aromatic rings. The molecular formula is C33H29N3O3S3. The fraction of sp³-hybridized carbons (Fsp3) is 0.242. The third kappa shape index (κ3) is 4.75. The molecule has 6 nitrogen and oxygen atoms in total. The second kappa shape index (κ2) is 11.1.